The Hall–Kier alpha value is -1.29. The molecule has 1 unspecified atom stereocenters. The zero-order valence-corrected chi connectivity index (χ0v) is 9.73. The second-order valence-electron chi connectivity index (χ2n) is 3.91. The lowest BCUT2D eigenvalue weighted by molar-refractivity contribution is -0.106. The van der Waals surface area contributed by atoms with Crippen molar-refractivity contribution in [1.82, 2.24) is 4.98 Å². The van der Waals surface area contributed by atoms with Gasteiger partial charge in [0, 0.05) is 12.5 Å². The molecule has 0 saturated carbocycles. The van der Waals surface area contributed by atoms with Gasteiger partial charge in [0.05, 0.1) is 19.9 Å². The molecule has 1 aliphatic heterocycles. The van der Waals surface area contributed by atoms with E-state index in [0.717, 1.165) is 37.2 Å². The van der Waals surface area contributed by atoms with Crippen LogP contribution in [-0.4, -0.2) is 25.0 Å². The van der Waals surface area contributed by atoms with E-state index in [9.17, 15) is 0 Å². The quantitative estimate of drug-likeness (QED) is 0.788. The molecule has 0 amide bonds. The van der Waals surface area contributed by atoms with E-state index < -0.39 is 0 Å². The fourth-order valence-electron chi connectivity index (χ4n) is 1.70. The molecule has 0 spiro atoms. The predicted molar refractivity (Wildman–Crippen MR) is 59.7 cm³/mol. The van der Waals surface area contributed by atoms with Gasteiger partial charge in [-0.3, -0.25) is 0 Å². The third kappa shape index (κ3) is 2.64. The van der Waals surface area contributed by atoms with E-state index in [1.165, 1.54) is 0 Å². The lowest BCUT2D eigenvalue weighted by atomic mass is 10.2. The van der Waals surface area contributed by atoms with Gasteiger partial charge in [-0.1, -0.05) is 0 Å². The van der Waals surface area contributed by atoms with E-state index >= 15 is 0 Å². The van der Waals surface area contributed by atoms with Gasteiger partial charge in [0.25, 0.3) is 0 Å². The van der Waals surface area contributed by atoms with Crippen LogP contribution in [0.2, 0.25) is 0 Å². The second-order valence-corrected chi connectivity index (χ2v) is 3.91. The molecule has 0 N–H and O–H groups in total. The minimum Gasteiger partial charge on any atom is -0.481 e. The molecule has 88 valence electrons. The summed E-state index contributed by atoms with van der Waals surface area (Å²) in [4.78, 5) is 4.12. The Morgan fingerprint density at radius 3 is 2.94 bits per heavy atom. The van der Waals surface area contributed by atoms with Gasteiger partial charge in [0.1, 0.15) is 5.75 Å². The van der Waals surface area contributed by atoms with E-state index in [2.05, 4.69) is 4.98 Å². The number of hydrogen-bond acceptors (Lipinski definition) is 4. The summed E-state index contributed by atoms with van der Waals surface area (Å²) < 4.78 is 16.3. The first-order chi connectivity index (χ1) is 7.79. The van der Waals surface area contributed by atoms with Crippen LogP contribution in [0.3, 0.4) is 0 Å². The molecular weight excluding hydrogens is 206 g/mol. The Labute approximate surface area is 95.5 Å². The maximum Gasteiger partial charge on any atom is 0.213 e. The van der Waals surface area contributed by atoms with Crippen molar-refractivity contribution < 1.29 is 14.2 Å². The summed E-state index contributed by atoms with van der Waals surface area (Å²) in [7, 11) is 1.60. The van der Waals surface area contributed by atoms with Crippen LogP contribution in [0.15, 0.2) is 12.3 Å². The number of aromatic nitrogens is 1. The molecule has 0 aliphatic carbocycles. The molecule has 1 aromatic heterocycles. The third-order valence-corrected chi connectivity index (χ3v) is 2.64. The van der Waals surface area contributed by atoms with Crippen LogP contribution in [0.25, 0.3) is 0 Å². The average Bonchev–Trinajstić information content (AvgIpc) is 2.33. The van der Waals surface area contributed by atoms with Crippen LogP contribution in [-0.2, 0) is 4.74 Å². The maximum atomic E-state index is 5.75. The van der Waals surface area contributed by atoms with Crippen LogP contribution in [0.5, 0.6) is 11.6 Å². The van der Waals surface area contributed by atoms with E-state index in [-0.39, 0.29) is 6.29 Å². The summed E-state index contributed by atoms with van der Waals surface area (Å²) in [6.07, 6.45) is 4.80. The minimum atomic E-state index is -0.123. The van der Waals surface area contributed by atoms with Gasteiger partial charge in [-0.05, 0) is 25.3 Å². The minimum absolute atomic E-state index is 0.123. The monoisotopic (exact) mass is 223 g/mol. The van der Waals surface area contributed by atoms with Crippen LogP contribution in [0.1, 0.15) is 24.8 Å². The summed E-state index contributed by atoms with van der Waals surface area (Å²) in [5.41, 5.74) is 1.01. The largest absolute Gasteiger partial charge is 0.481 e. The normalized spacial score (nSPS) is 20.5. The van der Waals surface area contributed by atoms with Gasteiger partial charge in [-0.15, -0.1) is 0 Å². The van der Waals surface area contributed by atoms with Crippen molar-refractivity contribution >= 4 is 0 Å². The van der Waals surface area contributed by atoms with Crippen LogP contribution in [0.4, 0.5) is 0 Å². The van der Waals surface area contributed by atoms with Gasteiger partial charge in [0.2, 0.25) is 5.88 Å². The molecule has 1 aliphatic rings. The number of rotatable bonds is 3. The van der Waals surface area contributed by atoms with Crippen LogP contribution < -0.4 is 9.47 Å². The summed E-state index contributed by atoms with van der Waals surface area (Å²) in [6, 6.07) is 1.86. The molecule has 0 bridgehead atoms. The first-order valence-electron chi connectivity index (χ1n) is 5.58. The van der Waals surface area contributed by atoms with Crippen molar-refractivity contribution in [2.75, 3.05) is 13.7 Å². The van der Waals surface area contributed by atoms with Crippen LogP contribution in [0, 0.1) is 6.92 Å². The lowest BCUT2D eigenvalue weighted by Crippen LogP contribution is -2.25. The molecule has 2 heterocycles. The van der Waals surface area contributed by atoms with E-state index in [4.69, 9.17) is 14.2 Å². The highest BCUT2D eigenvalue weighted by atomic mass is 16.7. The van der Waals surface area contributed by atoms with E-state index in [1.807, 2.05) is 13.0 Å². The summed E-state index contributed by atoms with van der Waals surface area (Å²) >= 11 is 0. The molecule has 1 aromatic rings. The zero-order chi connectivity index (χ0) is 11.4. The number of methoxy groups -OCH3 is 1. The summed E-state index contributed by atoms with van der Waals surface area (Å²) in [5, 5.41) is 0. The molecule has 1 atom stereocenters. The Kier molecular flexibility index (Phi) is 3.62. The molecule has 0 radical (unpaired) electrons. The van der Waals surface area contributed by atoms with E-state index in [0.29, 0.717) is 5.88 Å². The molecular formula is C12H17NO3. The molecule has 4 nitrogen and oxygen atoms in total. The average molecular weight is 223 g/mol. The fourth-order valence-corrected chi connectivity index (χ4v) is 1.70. The fraction of sp³-hybridized carbons (Fsp3) is 0.583. The predicted octanol–water partition coefficient (Wildman–Crippen LogP) is 2.30. The highest BCUT2D eigenvalue weighted by Crippen LogP contribution is 2.24. The second kappa shape index (κ2) is 5.16. The van der Waals surface area contributed by atoms with Gasteiger partial charge in [0.15, 0.2) is 6.29 Å². The summed E-state index contributed by atoms with van der Waals surface area (Å²) in [6.45, 7) is 2.76. The standard InChI is InChI=1S/C12H17NO3/c1-9-7-11(14-2)13-8-10(9)16-12-5-3-4-6-15-12/h7-8,12H,3-6H2,1-2H3. The van der Waals surface area contributed by atoms with Gasteiger partial charge in [-0.2, -0.15) is 0 Å². The van der Waals surface area contributed by atoms with Crippen molar-refractivity contribution in [2.24, 2.45) is 0 Å². The smallest absolute Gasteiger partial charge is 0.213 e. The van der Waals surface area contributed by atoms with Crippen molar-refractivity contribution in [2.45, 2.75) is 32.5 Å². The van der Waals surface area contributed by atoms with Gasteiger partial charge in [-0.25, -0.2) is 4.98 Å². The first kappa shape index (κ1) is 11.2. The highest BCUT2D eigenvalue weighted by Gasteiger charge is 2.16. The Morgan fingerprint density at radius 2 is 2.31 bits per heavy atom. The maximum absolute atomic E-state index is 5.75. The number of pyridine rings is 1. The molecule has 1 fully saturated rings. The SMILES string of the molecule is COc1cc(C)c(OC2CCCCO2)cn1. The van der Waals surface area contributed by atoms with Crippen LogP contribution >= 0.6 is 0 Å². The molecule has 0 aromatic carbocycles. The molecule has 16 heavy (non-hydrogen) atoms. The highest BCUT2D eigenvalue weighted by molar-refractivity contribution is 5.33. The van der Waals surface area contributed by atoms with Crippen molar-refractivity contribution in [3.05, 3.63) is 17.8 Å². The first-order valence-corrected chi connectivity index (χ1v) is 5.58. The molecule has 1 saturated heterocycles. The van der Waals surface area contributed by atoms with Gasteiger partial charge < -0.3 is 14.2 Å². The van der Waals surface area contributed by atoms with E-state index in [1.54, 1.807) is 13.3 Å². The van der Waals surface area contributed by atoms with Crippen molar-refractivity contribution in [3.8, 4) is 11.6 Å². The number of nitrogens with zero attached hydrogens (tertiary/aromatic N) is 1. The lowest BCUT2D eigenvalue weighted by Gasteiger charge is -2.24. The zero-order valence-electron chi connectivity index (χ0n) is 9.73. The molecule has 2 rings (SSSR count). The summed E-state index contributed by atoms with van der Waals surface area (Å²) in [5.74, 6) is 1.38. The Morgan fingerprint density at radius 1 is 1.44 bits per heavy atom. The number of ether oxygens (including phenoxy) is 3. The number of hydrogen-bond donors (Lipinski definition) is 0. The van der Waals surface area contributed by atoms with Gasteiger partial charge >= 0.3 is 0 Å². The number of aryl methyl sites for hydroxylation is 1. The topological polar surface area (TPSA) is 40.6 Å². The van der Waals surface area contributed by atoms with Crippen molar-refractivity contribution in [3.63, 3.8) is 0 Å². The molecule has 4 heteroatoms. The third-order valence-electron chi connectivity index (χ3n) is 2.64. The van der Waals surface area contributed by atoms with Crippen molar-refractivity contribution in [1.29, 1.82) is 0 Å². The Balaban J connectivity index is 2.03. The Bertz CT molecular complexity index is 348.